The SMILES string of the molecule is CC[C@@H](CO)NS(=O)(=O)c1ccc(-c2cccc(NC(=O)C3(c4ccc5c(c4)OCO5)CC3)n2)cc1. The Balaban J connectivity index is 1.31. The fourth-order valence-corrected chi connectivity index (χ4v) is 5.52. The first kappa shape index (κ1) is 24.2. The number of aromatic nitrogens is 1. The number of amides is 1. The zero-order valence-electron chi connectivity index (χ0n) is 19.7. The Morgan fingerprint density at radius 2 is 1.83 bits per heavy atom. The van der Waals surface area contributed by atoms with E-state index in [1.54, 1.807) is 37.3 Å². The number of anilines is 1. The van der Waals surface area contributed by atoms with Crippen LogP contribution in [0.25, 0.3) is 11.3 Å². The molecule has 0 bridgehead atoms. The van der Waals surface area contributed by atoms with Crippen molar-refractivity contribution in [2.75, 3.05) is 18.7 Å². The lowest BCUT2D eigenvalue weighted by Crippen LogP contribution is -2.36. The van der Waals surface area contributed by atoms with E-state index in [0.29, 0.717) is 35.0 Å². The molecule has 1 aromatic heterocycles. The number of benzene rings is 2. The van der Waals surface area contributed by atoms with Crippen molar-refractivity contribution in [3.63, 3.8) is 0 Å². The van der Waals surface area contributed by atoms with E-state index in [1.807, 2.05) is 18.2 Å². The molecular formula is C26H27N3O6S. The van der Waals surface area contributed by atoms with E-state index in [0.717, 1.165) is 18.4 Å². The highest BCUT2D eigenvalue weighted by Gasteiger charge is 2.51. The highest BCUT2D eigenvalue weighted by atomic mass is 32.2. The van der Waals surface area contributed by atoms with Gasteiger partial charge in [0.15, 0.2) is 11.5 Å². The van der Waals surface area contributed by atoms with Crippen molar-refractivity contribution in [1.82, 2.24) is 9.71 Å². The average Bonchev–Trinajstić information content (AvgIpc) is 3.58. The number of nitrogens with zero attached hydrogens (tertiary/aromatic N) is 1. The van der Waals surface area contributed by atoms with Gasteiger partial charge in [-0.25, -0.2) is 18.1 Å². The summed E-state index contributed by atoms with van der Waals surface area (Å²) in [5, 5.41) is 12.2. The van der Waals surface area contributed by atoms with E-state index < -0.39 is 21.5 Å². The first-order valence-electron chi connectivity index (χ1n) is 11.8. The zero-order valence-corrected chi connectivity index (χ0v) is 20.5. The lowest BCUT2D eigenvalue weighted by atomic mass is 9.94. The average molecular weight is 510 g/mol. The van der Waals surface area contributed by atoms with Crippen molar-refractivity contribution in [3.8, 4) is 22.8 Å². The first-order chi connectivity index (χ1) is 17.3. The Morgan fingerprint density at radius 1 is 1.08 bits per heavy atom. The quantitative estimate of drug-likeness (QED) is 0.404. The summed E-state index contributed by atoms with van der Waals surface area (Å²) in [4.78, 5) is 17.9. The molecule has 188 valence electrons. The van der Waals surface area contributed by atoms with E-state index in [4.69, 9.17) is 9.47 Å². The van der Waals surface area contributed by atoms with Gasteiger partial charge in [-0.05, 0) is 61.2 Å². The third-order valence-electron chi connectivity index (χ3n) is 6.60. The second kappa shape index (κ2) is 9.53. The molecule has 9 nitrogen and oxygen atoms in total. The lowest BCUT2D eigenvalue weighted by Gasteiger charge is -2.16. The summed E-state index contributed by atoms with van der Waals surface area (Å²) in [6.07, 6.45) is 1.95. The number of aliphatic hydroxyl groups is 1. The van der Waals surface area contributed by atoms with Gasteiger partial charge in [-0.2, -0.15) is 0 Å². The Kier molecular flexibility index (Phi) is 6.42. The molecule has 2 heterocycles. The standard InChI is InChI=1S/C26H27N3O6S/c1-2-19(15-30)29-36(32,33)20-9-6-17(7-10-20)21-4-3-5-24(27-21)28-25(31)26(12-13-26)18-8-11-22-23(14-18)35-16-34-22/h3-11,14,19,29-30H,2,12-13,15-16H2,1H3,(H,27,28,31)/t19-/m0/s1. The van der Waals surface area contributed by atoms with Crippen molar-refractivity contribution >= 4 is 21.7 Å². The molecule has 1 aliphatic heterocycles. The smallest absolute Gasteiger partial charge is 0.240 e. The number of nitrogens with one attached hydrogen (secondary N) is 2. The van der Waals surface area contributed by atoms with E-state index >= 15 is 0 Å². The first-order valence-corrected chi connectivity index (χ1v) is 13.3. The number of pyridine rings is 1. The third-order valence-corrected chi connectivity index (χ3v) is 8.13. The highest BCUT2D eigenvalue weighted by Crippen LogP contribution is 2.51. The molecule has 0 spiro atoms. The van der Waals surface area contributed by atoms with E-state index in [9.17, 15) is 18.3 Å². The molecule has 1 amide bonds. The summed E-state index contributed by atoms with van der Waals surface area (Å²) in [6.45, 7) is 1.70. The fourth-order valence-electron chi connectivity index (χ4n) is 4.21. The summed E-state index contributed by atoms with van der Waals surface area (Å²) >= 11 is 0. The monoisotopic (exact) mass is 509 g/mol. The normalized spacial score (nSPS) is 16.4. The predicted octanol–water partition coefficient (Wildman–Crippen LogP) is 3.20. The van der Waals surface area contributed by atoms with E-state index in [1.165, 1.54) is 12.1 Å². The van der Waals surface area contributed by atoms with Gasteiger partial charge in [-0.3, -0.25) is 4.79 Å². The van der Waals surface area contributed by atoms with Gasteiger partial charge in [0.05, 0.1) is 22.6 Å². The maximum absolute atomic E-state index is 13.2. The van der Waals surface area contributed by atoms with Crippen molar-refractivity contribution in [2.45, 2.75) is 42.5 Å². The molecule has 1 aliphatic carbocycles. The minimum atomic E-state index is -3.75. The van der Waals surface area contributed by atoms with Gasteiger partial charge < -0.3 is 19.9 Å². The molecule has 0 unspecified atom stereocenters. The molecule has 2 aliphatic rings. The van der Waals surface area contributed by atoms with Crippen molar-refractivity contribution in [2.24, 2.45) is 0 Å². The predicted molar refractivity (Wildman–Crippen MR) is 133 cm³/mol. The van der Waals surface area contributed by atoms with Crippen molar-refractivity contribution in [1.29, 1.82) is 0 Å². The molecule has 10 heteroatoms. The molecule has 36 heavy (non-hydrogen) atoms. The number of hydrogen-bond donors (Lipinski definition) is 3. The Morgan fingerprint density at radius 3 is 2.53 bits per heavy atom. The van der Waals surface area contributed by atoms with E-state index in [-0.39, 0.29) is 24.2 Å². The molecule has 0 saturated heterocycles. The Bertz CT molecular complexity index is 1380. The van der Waals surface area contributed by atoms with Crippen LogP contribution in [-0.4, -0.2) is 43.9 Å². The van der Waals surface area contributed by atoms with Gasteiger partial charge in [-0.1, -0.05) is 31.2 Å². The minimum absolute atomic E-state index is 0.0991. The van der Waals surface area contributed by atoms with Crippen LogP contribution in [0.5, 0.6) is 11.5 Å². The van der Waals surface area contributed by atoms with Gasteiger partial charge >= 0.3 is 0 Å². The van der Waals surface area contributed by atoms with Crippen LogP contribution in [0.2, 0.25) is 0 Å². The number of carbonyl (C=O) groups is 1. The van der Waals surface area contributed by atoms with Crippen LogP contribution in [0.4, 0.5) is 5.82 Å². The molecule has 1 atom stereocenters. The number of hydrogen-bond acceptors (Lipinski definition) is 7. The van der Waals surface area contributed by atoms with Gasteiger partial charge in [0.25, 0.3) is 0 Å². The second-order valence-corrected chi connectivity index (χ2v) is 10.7. The van der Waals surface area contributed by atoms with Crippen LogP contribution in [-0.2, 0) is 20.2 Å². The topological polar surface area (TPSA) is 127 Å². The molecule has 3 N–H and O–H groups in total. The maximum atomic E-state index is 13.2. The summed E-state index contributed by atoms with van der Waals surface area (Å²) in [5.74, 6) is 1.61. The molecule has 0 radical (unpaired) electrons. The van der Waals surface area contributed by atoms with Crippen molar-refractivity contribution in [3.05, 3.63) is 66.2 Å². The number of aliphatic hydroxyl groups excluding tert-OH is 1. The van der Waals surface area contributed by atoms with Crippen LogP contribution in [0, 0.1) is 0 Å². The number of rotatable bonds is 9. The summed E-state index contributed by atoms with van der Waals surface area (Å²) < 4.78 is 38.5. The molecule has 1 fully saturated rings. The molecule has 2 aromatic carbocycles. The van der Waals surface area contributed by atoms with Gasteiger partial charge in [-0.15, -0.1) is 0 Å². The van der Waals surface area contributed by atoms with Gasteiger partial charge in [0.1, 0.15) is 5.82 Å². The fraction of sp³-hybridized carbons (Fsp3) is 0.308. The Labute approximate surface area is 209 Å². The highest BCUT2D eigenvalue weighted by molar-refractivity contribution is 7.89. The van der Waals surface area contributed by atoms with Crippen molar-refractivity contribution < 1.29 is 27.8 Å². The zero-order chi connectivity index (χ0) is 25.3. The summed E-state index contributed by atoms with van der Waals surface area (Å²) in [6, 6.07) is 16.7. The number of fused-ring (bicyclic) bond motifs is 1. The molecule has 1 saturated carbocycles. The summed E-state index contributed by atoms with van der Waals surface area (Å²) in [5.41, 5.74) is 1.57. The lowest BCUT2D eigenvalue weighted by molar-refractivity contribution is -0.118. The number of sulfonamides is 1. The molecule has 3 aromatic rings. The molecular weight excluding hydrogens is 482 g/mol. The van der Waals surface area contributed by atoms with Crippen LogP contribution >= 0.6 is 0 Å². The number of ether oxygens (including phenoxy) is 2. The maximum Gasteiger partial charge on any atom is 0.240 e. The van der Waals surface area contributed by atoms with Gasteiger partial charge in [0.2, 0.25) is 22.7 Å². The van der Waals surface area contributed by atoms with Crippen LogP contribution < -0.4 is 19.5 Å². The Hall–Kier alpha value is -3.47. The minimum Gasteiger partial charge on any atom is -0.454 e. The second-order valence-electron chi connectivity index (χ2n) is 8.95. The number of carbonyl (C=O) groups excluding carboxylic acids is 1. The van der Waals surface area contributed by atoms with Crippen LogP contribution in [0.1, 0.15) is 31.7 Å². The molecule has 5 rings (SSSR count). The third kappa shape index (κ3) is 4.67. The van der Waals surface area contributed by atoms with E-state index in [2.05, 4.69) is 15.0 Å². The van der Waals surface area contributed by atoms with Crippen LogP contribution in [0.3, 0.4) is 0 Å². The summed E-state index contributed by atoms with van der Waals surface area (Å²) in [7, 11) is -3.75. The largest absolute Gasteiger partial charge is 0.454 e. The van der Waals surface area contributed by atoms with Gasteiger partial charge in [0, 0.05) is 11.6 Å². The van der Waals surface area contributed by atoms with Crippen LogP contribution in [0.15, 0.2) is 65.6 Å².